The van der Waals surface area contributed by atoms with E-state index in [9.17, 15) is 23.1 Å². The van der Waals surface area contributed by atoms with Gasteiger partial charge in [0.25, 0.3) is 5.91 Å². The van der Waals surface area contributed by atoms with Crippen LogP contribution in [0.2, 0.25) is 0 Å². The quantitative estimate of drug-likeness (QED) is 0.917. The number of rotatable bonds is 3. The van der Waals surface area contributed by atoms with Gasteiger partial charge in [-0.1, -0.05) is 39.0 Å². The summed E-state index contributed by atoms with van der Waals surface area (Å²) in [6.45, 7) is 4.09. The van der Waals surface area contributed by atoms with Crippen LogP contribution in [0.5, 0.6) is 5.75 Å². The molecule has 1 N–H and O–H groups in total. The van der Waals surface area contributed by atoms with Gasteiger partial charge >= 0.3 is 6.18 Å². The zero-order chi connectivity index (χ0) is 18.2. The molecule has 0 fully saturated rings. The number of benzene rings is 1. The molecule has 1 aromatic carbocycles. The predicted octanol–water partition coefficient (Wildman–Crippen LogP) is 2.95. The van der Waals surface area contributed by atoms with Crippen molar-refractivity contribution >= 4 is 11.6 Å². The maximum Gasteiger partial charge on any atom is 0.431 e. The molecule has 0 saturated carbocycles. The van der Waals surface area contributed by atoms with E-state index in [0.717, 1.165) is 0 Å². The average molecular weight is 344 g/mol. The highest BCUT2D eigenvalue weighted by atomic mass is 19.4. The molecule has 0 bridgehead atoms. The fraction of sp³-hybridized carbons (Fsp3) is 0.500. The highest BCUT2D eigenvalue weighted by molar-refractivity contribution is 5.94. The summed E-state index contributed by atoms with van der Waals surface area (Å²) in [5.74, 6) is -0.458. The molecule has 1 atom stereocenters. The molecular weight excluding hydrogens is 325 g/mol. The first-order valence-corrected chi connectivity index (χ1v) is 7.33. The Morgan fingerprint density at radius 3 is 2.38 bits per heavy atom. The normalized spacial score (nSPS) is 21.6. The summed E-state index contributed by atoms with van der Waals surface area (Å²) in [5, 5.41) is 14.6. The summed E-state index contributed by atoms with van der Waals surface area (Å²) in [6, 6.07) is 8.37. The van der Waals surface area contributed by atoms with Gasteiger partial charge in [-0.3, -0.25) is 4.79 Å². The monoisotopic (exact) mass is 344 g/mol. The minimum Gasteiger partial charge on any atom is -0.484 e. The van der Waals surface area contributed by atoms with Crippen LogP contribution in [0.3, 0.4) is 0 Å². The van der Waals surface area contributed by atoms with E-state index in [1.807, 2.05) is 0 Å². The van der Waals surface area contributed by atoms with Crippen LogP contribution >= 0.6 is 0 Å². The standard InChI is InChI=1S/C16H19F3N2O3/c1-14(2,3)15(23)9-12(16(17,18)19)20-21(15)13(22)10-24-11-7-5-4-6-8-11/h4-8,23H,9-10H2,1-3H3/t15-/m1/s1. The first-order chi connectivity index (χ1) is 10.9. The second kappa shape index (κ2) is 6.08. The third kappa shape index (κ3) is 3.53. The molecular formula is C16H19F3N2O3. The first kappa shape index (κ1) is 18.3. The largest absolute Gasteiger partial charge is 0.484 e. The van der Waals surface area contributed by atoms with Gasteiger partial charge < -0.3 is 9.84 Å². The number of aliphatic hydroxyl groups is 1. The molecule has 0 spiro atoms. The highest BCUT2D eigenvalue weighted by Gasteiger charge is 2.57. The van der Waals surface area contributed by atoms with Crippen molar-refractivity contribution in [3.63, 3.8) is 0 Å². The molecule has 1 heterocycles. The summed E-state index contributed by atoms with van der Waals surface area (Å²) in [5.41, 5.74) is -4.30. The number of amides is 1. The van der Waals surface area contributed by atoms with Crippen LogP contribution < -0.4 is 4.74 Å². The Kier molecular flexibility index (Phi) is 4.63. The maximum atomic E-state index is 13.0. The molecule has 1 aliphatic rings. The number of halogens is 3. The Hall–Kier alpha value is -2.09. The van der Waals surface area contributed by atoms with Crippen molar-refractivity contribution in [2.45, 2.75) is 39.1 Å². The first-order valence-electron chi connectivity index (χ1n) is 7.33. The van der Waals surface area contributed by atoms with Crippen molar-refractivity contribution in [3.05, 3.63) is 30.3 Å². The lowest BCUT2D eigenvalue weighted by Gasteiger charge is -2.41. The number of hydrogen-bond acceptors (Lipinski definition) is 4. The third-order valence-electron chi connectivity index (χ3n) is 3.86. The highest BCUT2D eigenvalue weighted by Crippen LogP contribution is 2.43. The van der Waals surface area contributed by atoms with Gasteiger partial charge in [-0.25, -0.2) is 0 Å². The Balaban J connectivity index is 2.22. The Morgan fingerprint density at radius 1 is 1.29 bits per heavy atom. The molecule has 0 aromatic heterocycles. The fourth-order valence-corrected chi connectivity index (χ4v) is 2.27. The van der Waals surface area contributed by atoms with Gasteiger partial charge in [0.05, 0.1) is 0 Å². The molecule has 0 saturated heterocycles. The van der Waals surface area contributed by atoms with Crippen LogP contribution in [0.4, 0.5) is 13.2 Å². The van der Waals surface area contributed by atoms with Crippen molar-refractivity contribution in [2.75, 3.05) is 6.61 Å². The van der Waals surface area contributed by atoms with Crippen LogP contribution in [-0.2, 0) is 4.79 Å². The molecule has 0 aliphatic carbocycles. The third-order valence-corrected chi connectivity index (χ3v) is 3.86. The lowest BCUT2D eigenvalue weighted by Crippen LogP contribution is -2.56. The fourth-order valence-electron chi connectivity index (χ4n) is 2.27. The number of carbonyl (C=O) groups is 1. The SMILES string of the molecule is CC(C)(C)[C@]1(O)CC(C(F)(F)F)=NN1C(=O)COc1ccccc1. The number of alkyl halides is 3. The number of hydrazone groups is 1. The second-order valence-electron chi connectivity index (χ2n) is 6.60. The lowest BCUT2D eigenvalue weighted by molar-refractivity contribution is -0.183. The van der Waals surface area contributed by atoms with Gasteiger partial charge in [0.1, 0.15) is 11.5 Å². The molecule has 1 amide bonds. The van der Waals surface area contributed by atoms with E-state index >= 15 is 0 Å². The molecule has 0 radical (unpaired) electrons. The zero-order valence-electron chi connectivity index (χ0n) is 13.6. The van der Waals surface area contributed by atoms with Crippen LogP contribution in [0.15, 0.2) is 35.4 Å². The van der Waals surface area contributed by atoms with E-state index < -0.39 is 42.0 Å². The topological polar surface area (TPSA) is 62.1 Å². The van der Waals surface area contributed by atoms with E-state index in [-0.39, 0.29) is 0 Å². The maximum absolute atomic E-state index is 13.0. The molecule has 2 rings (SSSR count). The summed E-state index contributed by atoms with van der Waals surface area (Å²) in [4.78, 5) is 12.3. The number of carbonyl (C=O) groups excluding carboxylic acids is 1. The molecule has 24 heavy (non-hydrogen) atoms. The van der Waals surface area contributed by atoms with Crippen LogP contribution in [-0.4, -0.2) is 40.2 Å². The smallest absolute Gasteiger partial charge is 0.431 e. The Bertz CT molecular complexity index is 638. The van der Waals surface area contributed by atoms with Gasteiger partial charge in [-0.15, -0.1) is 0 Å². The van der Waals surface area contributed by atoms with Gasteiger partial charge in [-0.2, -0.15) is 23.3 Å². The molecule has 1 aromatic rings. The van der Waals surface area contributed by atoms with Crippen LogP contribution in [0.1, 0.15) is 27.2 Å². The minimum absolute atomic E-state index is 0.393. The van der Waals surface area contributed by atoms with Gasteiger partial charge in [-0.05, 0) is 12.1 Å². The van der Waals surface area contributed by atoms with Gasteiger partial charge in [0.15, 0.2) is 12.3 Å². The number of para-hydroxylation sites is 1. The summed E-state index contributed by atoms with van der Waals surface area (Å²) in [7, 11) is 0. The minimum atomic E-state index is -4.71. The van der Waals surface area contributed by atoms with Crippen molar-refractivity contribution < 1.29 is 27.8 Å². The summed E-state index contributed by atoms with van der Waals surface area (Å²) < 4.78 is 44.2. The Morgan fingerprint density at radius 2 is 1.88 bits per heavy atom. The molecule has 1 aliphatic heterocycles. The average Bonchev–Trinajstić information content (AvgIpc) is 2.85. The van der Waals surface area contributed by atoms with E-state index in [1.165, 1.54) is 0 Å². The van der Waals surface area contributed by atoms with Crippen molar-refractivity contribution in [1.29, 1.82) is 0 Å². The number of ether oxygens (including phenoxy) is 1. The predicted molar refractivity (Wildman–Crippen MR) is 81.3 cm³/mol. The molecule has 0 unspecified atom stereocenters. The van der Waals surface area contributed by atoms with Gasteiger partial charge in [0, 0.05) is 11.8 Å². The van der Waals surface area contributed by atoms with E-state index in [2.05, 4.69) is 5.10 Å². The number of hydrogen-bond donors (Lipinski definition) is 1. The van der Waals surface area contributed by atoms with E-state index in [0.29, 0.717) is 10.8 Å². The molecule has 8 heteroatoms. The van der Waals surface area contributed by atoms with E-state index in [1.54, 1.807) is 51.1 Å². The summed E-state index contributed by atoms with van der Waals surface area (Å²) >= 11 is 0. The molecule has 132 valence electrons. The second-order valence-corrected chi connectivity index (χ2v) is 6.60. The lowest BCUT2D eigenvalue weighted by atomic mass is 9.80. The van der Waals surface area contributed by atoms with Crippen molar-refractivity contribution in [1.82, 2.24) is 5.01 Å². The van der Waals surface area contributed by atoms with Crippen molar-refractivity contribution in [2.24, 2.45) is 10.5 Å². The van der Waals surface area contributed by atoms with Crippen LogP contribution in [0.25, 0.3) is 0 Å². The molecule has 5 nitrogen and oxygen atoms in total. The Labute approximate surface area is 137 Å². The summed E-state index contributed by atoms with van der Waals surface area (Å²) in [6.07, 6.45) is -5.49. The zero-order valence-corrected chi connectivity index (χ0v) is 13.6. The van der Waals surface area contributed by atoms with Crippen molar-refractivity contribution in [3.8, 4) is 5.75 Å². The van der Waals surface area contributed by atoms with Gasteiger partial charge in [0.2, 0.25) is 0 Å². The van der Waals surface area contributed by atoms with E-state index in [4.69, 9.17) is 4.74 Å². The van der Waals surface area contributed by atoms with Crippen LogP contribution in [0, 0.1) is 5.41 Å². The number of nitrogens with zero attached hydrogens (tertiary/aromatic N) is 2.